The minimum absolute atomic E-state index is 0.0142. The van der Waals surface area contributed by atoms with Gasteiger partial charge in [0, 0.05) is 61.5 Å². The molecule has 41 heavy (non-hydrogen) atoms. The van der Waals surface area contributed by atoms with E-state index in [1.165, 1.54) is 0 Å². The lowest BCUT2D eigenvalue weighted by Gasteiger charge is -2.38. The summed E-state index contributed by atoms with van der Waals surface area (Å²) < 4.78 is 12.3. The molecule has 2 aliphatic heterocycles. The number of allylic oxidation sites excluding steroid dienone is 1. The van der Waals surface area contributed by atoms with Crippen LogP contribution in [0.4, 0.5) is 0 Å². The van der Waals surface area contributed by atoms with E-state index in [-0.39, 0.29) is 12.5 Å². The Morgan fingerprint density at radius 3 is 2.61 bits per heavy atom. The average molecular weight is 576 g/mol. The highest BCUT2D eigenvalue weighted by atomic mass is 35.5. The van der Waals surface area contributed by atoms with E-state index in [0.29, 0.717) is 54.8 Å². The maximum atomic E-state index is 12.6. The van der Waals surface area contributed by atoms with Crippen molar-refractivity contribution in [2.75, 3.05) is 39.3 Å². The van der Waals surface area contributed by atoms with Crippen molar-refractivity contribution in [2.24, 2.45) is 0 Å². The van der Waals surface area contributed by atoms with Gasteiger partial charge in [-0.25, -0.2) is 4.98 Å². The summed E-state index contributed by atoms with van der Waals surface area (Å²) in [6.45, 7) is 7.76. The van der Waals surface area contributed by atoms with Crippen LogP contribution < -0.4 is 9.47 Å². The zero-order valence-corrected chi connectivity index (χ0v) is 24.6. The molecule has 8 heteroatoms. The number of fused-ring (bicyclic) bond motifs is 2. The molecule has 1 saturated heterocycles. The van der Waals surface area contributed by atoms with Crippen molar-refractivity contribution in [3.05, 3.63) is 88.6 Å². The standard InChI is InChI=1S/C33H38ClN3O4/c1-3-37(4-2)31(38)23-40-29-10-5-11-30-28(29)22-24(27-9-6-18-35-32(27)41-30)8-7-19-36-20-16-33(39,17-21-36)25-12-14-26(34)15-13-25/h5-6,8-15,18,39H,3-4,7,16-17,19-23H2,1-2H3. The van der Waals surface area contributed by atoms with E-state index in [1.54, 1.807) is 11.1 Å². The molecule has 0 saturated carbocycles. The summed E-state index contributed by atoms with van der Waals surface area (Å²) in [7, 11) is 0. The number of likely N-dealkylation sites (tertiary alicyclic amines) is 1. The molecule has 1 fully saturated rings. The monoisotopic (exact) mass is 575 g/mol. The van der Waals surface area contributed by atoms with Gasteiger partial charge in [0.05, 0.1) is 5.60 Å². The Morgan fingerprint density at radius 1 is 1.12 bits per heavy atom. The Kier molecular flexibility index (Phi) is 9.28. The van der Waals surface area contributed by atoms with Crippen molar-refractivity contribution in [3.8, 4) is 17.4 Å². The van der Waals surface area contributed by atoms with E-state index >= 15 is 0 Å². The maximum Gasteiger partial charge on any atom is 0.260 e. The summed E-state index contributed by atoms with van der Waals surface area (Å²) >= 11 is 6.04. The third kappa shape index (κ3) is 6.75. The van der Waals surface area contributed by atoms with Crippen molar-refractivity contribution >= 4 is 23.1 Å². The minimum atomic E-state index is -0.810. The smallest absolute Gasteiger partial charge is 0.260 e. The molecule has 0 atom stereocenters. The predicted octanol–water partition coefficient (Wildman–Crippen LogP) is 6.09. The molecule has 1 aromatic heterocycles. The maximum absolute atomic E-state index is 12.6. The van der Waals surface area contributed by atoms with Crippen LogP contribution in [0.5, 0.6) is 17.4 Å². The number of halogens is 1. The zero-order chi connectivity index (χ0) is 28.8. The van der Waals surface area contributed by atoms with Crippen molar-refractivity contribution in [1.82, 2.24) is 14.8 Å². The van der Waals surface area contributed by atoms with Gasteiger partial charge in [-0.05, 0) is 80.6 Å². The van der Waals surface area contributed by atoms with Gasteiger partial charge >= 0.3 is 0 Å². The molecule has 0 spiro atoms. The number of likely N-dealkylation sites (N-methyl/N-ethyl adjacent to an activating group) is 1. The number of nitrogens with zero attached hydrogens (tertiary/aromatic N) is 3. The number of piperidine rings is 1. The van der Waals surface area contributed by atoms with Crippen LogP contribution in [-0.4, -0.2) is 65.1 Å². The molecular weight excluding hydrogens is 538 g/mol. The molecule has 1 amide bonds. The van der Waals surface area contributed by atoms with Crippen LogP contribution in [0.25, 0.3) is 5.57 Å². The van der Waals surface area contributed by atoms with E-state index in [0.717, 1.165) is 48.3 Å². The minimum Gasteiger partial charge on any atom is -0.483 e. The highest BCUT2D eigenvalue weighted by Gasteiger charge is 2.33. The summed E-state index contributed by atoms with van der Waals surface area (Å²) in [5.41, 5.74) is 3.12. The molecule has 0 bridgehead atoms. The Hall–Kier alpha value is -3.39. The fourth-order valence-corrected chi connectivity index (χ4v) is 5.79. The molecule has 0 unspecified atom stereocenters. The summed E-state index contributed by atoms with van der Waals surface area (Å²) in [6.07, 6.45) is 6.83. The normalized spacial score (nSPS) is 17.2. The molecule has 7 nitrogen and oxygen atoms in total. The van der Waals surface area contributed by atoms with E-state index in [1.807, 2.05) is 68.4 Å². The number of carbonyl (C=O) groups is 1. The number of carbonyl (C=O) groups excluding carboxylic acids is 1. The number of aromatic nitrogens is 1. The Balaban J connectivity index is 1.28. The van der Waals surface area contributed by atoms with Gasteiger partial charge < -0.3 is 24.4 Å². The molecule has 2 aromatic carbocycles. The van der Waals surface area contributed by atoms with E-state index in [9.17, 15) is 9.90 Å². The zero-order valence-electron chi connectivity index (χ0n) is 23.8. The Bertz CT molecular complexity index is 1380. The van der Waals surface area contributed by atoms with Crippen LogP contribution in [0.2, 0.25) is 5.02 Å². The average Bonchev–Trinajstić information content (AvgIpc) is 3.15. The van der Waals surface area contributed by atoms with Crippen LogP contribution in [0.3, 0.4) is 0 Å². The molecule has 0 radical (unpaired) electrons. The first kappa shape index (κ1) is 29.1. The van der Waals surface area contributed by atoms with Gasteiger partial charge in [0.1, 0.15) is 11.5 Å². The van der Waals surface area contributed by atoms with E-state index in [2.05, 4.69) is 16.0 Å². The first-order chi connectivity index (χ1) is 19.9. The molecule has 0 aliphatic carbocycles. The van der Waals surface area contributed by atoms with Crippen molar-refractivity contribution in [1.29, 1.82) is 0 Å². The van der Waals surface area contributed by atoms with Gasteiger partial charge in [-0.3, -0.25) is 4.79 Å². The van der Waals surface area contributed by atoms with Gasteiger partial charge in [0.2, 0.25) is 5.88 Å². The molecule has 216 valence electrons. The molecule has 3 heterocycles. The quantitative estimate of drug-likeness (QED) is 0.333. The lowest BCUT2D eigenvalue weighted by atomic mass is 9.84. The molecule has 3 aromatic rings. The number of ether oxygens (including phenoxy) is 2. The highest BCUT2D eigenvalue weighted by molar-refractivity contribution is 6.30. The number of benzene rings is 2. The topological polar surface area (TPSA) is 75.1 Å². The Morgan fingerprint density at radius 2 is 1.88 bits per heavy atom. The number of aliphatic hydroxyl groups is 1. The fourth-order valence-electron chi connectivity index (χ4n) is 5.66. The molecule has 5 rings (SSSR count). The predicted molar refractivity (Wildman–Crippen MR) is 161 cm³/mol. The van der Waals surface area contributed by atoms with Crippen LogP contribution in [-0.2, 0) is 16.8 Å². The van der Waals surface area contributed by atoms with Crippen LogP contribution >= 0.6 is 11.6 Å². The van der Waals surface area contributed by atoms with Crippen LogP contribution in [0, 0.1) is 0 Å². The fraction of sp³-hybridized carbons (Fsp3) is 0.394. The van der Waals surface area contributed by atoms with Crippen LogP contribution in [0.15, 0.2) is 66.9 Å². The van der Waals surface area contributed by atoms with Crippen molar-refractivity contribution in [3.63, 3.8) is 0 Å². The Labute approximate surface area is 247 Å². The van der Waals surface area contributed by atoms with E-state index < -0.39 is 5.60 Å². The van der Waals surface area contributed by atoms with Gasteiger partial charge in [-0.15, -0.1) is 0 Å². The van der Waals surface area contributed by atoms with Gasteiger partial charge in [0.25, 0.3) is 5.91 Å². The van der Waals surface area contributed by atoms with Crippen LogP contribution in [0.1, 0.15) is 49.8 Å². The summed E-state index contributed by atoms with van der Waals surface area (Å²) in [5, 5.41) is 11.9. The summed E-state index contributed by atoms with van der Waals surface area (Å²) in [4.78, 5) is 21.3. The second-order valence-corrected chi connectivity index (χ2v) is 11.1. The first-order valence-electron chi connectivity index (χ1n) is 14.5. The number of pyridine rings is 1. The number of rotatable bonds is 9. The second kappa shape index (κ2) is 13.1. The summed E-state index contributed by atoms with van der Waals surface area (Å²) in [6, 6.07) is 17.2. The molecule has 1 N–H and O–H groups in total. The lowest BCUT2D eigenvalue weighted by Crippen LogP contribution is -2.42. The van der Waals surface area contributed by atoms with Gasteiger partial charge in [-0.1, -0.05) is 35.9 Å². The number of amides is 1. The third-order valence-electron chi connectivity index (χ3n) is 8.15. The molecule has 2 aliphatic rings. The lowest BCUT2D eigenvalue weighted by molar-refractivity contribution is -0.132. The van der Waals surface area contributed by atoms with E-state index in [4.69, 9.17) is 21.1 Å². The van der Waals surface area contributed by atoms with Crippen molar-refractivity contribution in [2.45, 2.75) is 45.1 Å². The number of hydrogen-bond acceptors (Lipinski definition) is 6. The van der Waals surface area contributed by atoms with Gasteiger partial charge in [0.15, 0.2) is 6.61 Å². The van der Waals surface area contributed by atoms with Crippen molar-refractivity contribution < 1.29 is 19.4 Å². The highest BCUT2D eigenvalue weighted by Crippen LogP contribution is 2.41. The number of hydrogen-bond donors (Lipinski definition) is 1. The second-order valence-electron chi connectivity index (χ2n) is 10.6. The first-order valence-corrected chi connectivity index (χ1v) is 14.8. The SMILES string of the molecule is CCN(CC)C(=O)COc1cccc2c1CC(=CCCN1CCC(O)(c3ccc(Cl)cc3)CC1)c1cccnc1O2. The largest absolute Gasteiger partial charge is 0.483 e. The molecular formula is C33H38ClN3O4. The summed E-state index contributed by atoms with van der Waals surface area (Å²) in [5.74, 6) is 1.88. The van der Waals surface area contributed by atoms with Gasteiger partial charge in [-0.2, -0.15) is 0 Å². The third-order valence-corrected chi connectivity index (χ3v) is 8.40.